The highest BCUT2D eigenvalue weighted by Crippen LogP contribution is 2.30. The number of pyridine rings is 1. The lowest BCUT2D eigenvalue weighted by Crippen LogP contribution is -2.45. The number of carbonyl (C=O) groups is 2. The molecule has 106 valence electrons. The van der Waals surface area contributed by atoms with Crippen LogP contribution in [0, 0.1) is 0 Å². The van der Waals surface area contributed by atoms with Crippen molar-refractivity contribution in [2.75, 3.05) is 6.54 Å². The van der Waals surface area contributed by atoms with Crippen molar-refractivity contribution in [1.82, 2.24) is 15.2 Å². The molecule has 2 heterocycles. The van der Waals surface area contributed by atoms with E-state index in [1.165, 1.54) is 11.1 Å². The zero-order chi connectivity index (χ0) is 14.1. The van der Waals surface area contributed by atoms with Gasteiger partial charge in [-0.1, -0.05) is 6.92 Å². The molecule has 0 bridgehead atoms. The smallest absolute Gasteiger partial charge is 0.263 e. The molecule has 2 aliphatic rings. The van der Waals surface area contributed by atoms with E-state index in [-0.39, 0.29) is 17.9 Å². The van der Waals surface area contributed by atoms with Gasteiger partial charge in [-0.15, -0.1) is 0 Å². The number of nitrogens with one attached hydrogen (secondary N) is 1. The highest BCUT2D eigenvalue weighted by molar-refractivity contribution is 6.21. The van der Waals surface area contributed by atoms with Crippen molar-refractivity contribution in [3.05, 3.63) is 29.6 Å². The van der Waals surface area contributed by atoms with Gasteiger partial charge >= 0.3 is 0 Å². The number of hydrogen-bond donors (Lipinski definition) is 1. The molecule has 0 radical (unpaired) electrons. The molecule has 20 heavy (non-hydrogen) atoms. The van der Waals surface area contributed by atoms with Gasteiger partial charge in [0.1, 0.15) is 0 Å². The Hall–Kier alpha value is -1.75. The molecule has 0 saturated heterocycles. The Morgan fingerprint density at radius 1 is 1.20 bits per heavy atom. The molecule has 3 rings (SSSR count). The molecule has 0 spiro atoms. The molecule has 1 aliphatic heterocycles. The monoisotopic (exact) mass is 273 g/mol. The van der Waals surface area contributed by atoms with Crippen LogP contribution in [0.2, 0.25) is 0 Å². The molecule has 5 heteroatoms. The summed E-state index contributed by atoms with van der Waals surface area (Å²) in [6, 6.07) is 2.20. The molecule has 1 aromatic rings. The SMILES string of the molecule is CCNC1CCC(N2C(=O)c3ccncc3C2=O)CC1. The molecular weight excluding hydrogens is 254 g/mol. The van der Waals surface area contributed by atoms with Crippen molar-refractivity contribution in [2.45, 2.75) is 44.7 Å². The number of nitrogens with zero attached hydrogens (tertiary/aromatic N) is 2. The van der Waals surface area contributed by atoms with Crippen LogP contribution < -0.4 is 5.32 Å². The Kier molecular flexibility index (Phi) is 3.53. The van der Waals surface area contributed by atoms with E-state index in [0.717, 1.165) is 32.2 Å². The van der Waals surface area contributed by atoms with Crippen molar-refractivity contribution in [3.8, 4) is 0 Å². The molecule has 0 atom stereocenters. The second-order valence-electron chi connectivity index (χ2n) is 5.46. The molecule has 1 fully saturated rings. The Morgan fingerprint density at radius 3 is 2.55 bits per heavy atom. The molecular formula is C15H19N3O2. The number of imide groups is 1. The molecule has 1 aromatic heterocycles. The Labute approximate surface area is 118 Å². The second-order valence-corrected chi connectivity index (χ2v) is 5.46. The van der Waals surface area contributed by atoms with Gasteiger partial charge in [-0.25, -0.2) is 0 Å². The van der Waals surface area contributed by atoms with Crippen LogP contribution in [0.25, 0.3) is 0 Å². The maximum atomic E-state index is 12.4. The first-order chi connectivity index (χ1) is 9.72. The lowest BCUT2D eigenvalue weighted by atomic mass is 9.90. The second kappa shape index (κ2) is 5.32. The first-order valence-electron chi connectivity index (χ1n) is 7.27. The van der Waals surface area contributed by atoms with E-state index in [1.54, 1.807) is 12.3 Å². The fourth-order valence-corrected chi connectivity index (χ4v) is 3.26. The van der Waals surface area contributed by atoms with Crippen molar-refractivity contribution in [2.24, 2.45) is 0 Å². The minimum absolute atomic E-state index is 0.0392. The number of aromatic nitrogens is 1. The van der Waals surface area contributed by atoms with Crippen molar-refractivity contribution in [3.63, 3.8) is 0 Å². The summed E-state index contributed by atoms with van der Waals surface area (Å²) in [6.07, 6.45) is 6.87. The zero-order valence-corrected chi connectivity index (χ0v) is 11.6. The minimum atomic E-state index is -0.176. The summed E-state index contributed by atoms with van der Waals surface area (Å²) in [7, 11) is 0. The van der Waals surface area contributed by atoms with Crippen LogP contribution in [0.3, 0.4) is 0 Å². The van der Waals surface area contributed by atoms with Crippen LogP contribution in [0.4, 0.5) is 0 Å². The van der Waals surface area contributed by atoms with Gasteiger partial charge in [-0.05, 0) is 38.3 Å². The predicted octanol–water partition coefficient (Wildman–Crippen LogP) is 1.60. The normalized spacial score (nSPS) is 25.9. The number of carbonyl (C=O) groups excluding carboxylic acids is 2. The maximum absolute atomic E-state index is 12.4. The topological polar surface area (TPSA) is 62.3 Å². The highest BCUT2D eigenvalue weighted by atomic mass is 16.2. The van der Waals surface area contributed by atoms with Crippen LogP contribution in [-0.4, -0.2) is 40.3 Å². The fraction of sp³-hybridized carbons (Fsp3) is 0.533. The summed E-state index contributed by atoms with van der Waals surface area (Å²) in [5, 5.41) is 3.44. The van der Waals surface area contributed by atoms with Crippen LogP contribution in [0.5, 0.6) is 0 Å². The summed E-state index contributed by atoms with van der Waals surface area (Å²) < 4.78 is 0. The summed E-state index contributed by atoms with van der Waals surface area (Å²) in [6.45, 7) is 3.07. The van der Waals surface area contributed by atoms with E-state index in [1.807, 2.05) is 0 Å². The highest BCUT2D eigenvalue weighted by Gasteiger charge is 2.41. The number of hydrogen-bond acceptors (Lipinski definition) is 4. The lowest BCUT2D eigenvalue weighted by molar-refractivity contribution is 0.0538. The Bertz CT molecular complexity index is 501. The third-order valence-electron chi connectivity index (χ3n) is 4.27. The summed E-state index contributed by atoms with van der Waals surface area (Å²) in [5.74, 6) is -0.329. The van der Waals surface area contributed by atoms with E-state index in [4.69, 9.17) is 0 Å². The van der Waals surface area contributed by atoms with Gasteiger partial charge in [-0.2, -0.15) is 0 Å². The largest absolute Gasteiger partial charge is 0.314 e. The molecule has 5 nitrogen and oxygen atoms in total. The van der Waals surface area contributed by atoms with E-state index in [2.05, 4.69) is 17.2 Å². The third-order valence-corrected chi connectivity index (χ3v) is 4.27. The molecule has 1 N–H and O–H groups in total. The molecule has 1 aliphatic carbocycles. The van der Waals surface area contributed by atoms with Gasteiger partial charge < -0.3 is 5.32 Å². The predicted molar refractivity (Wildman–Crippen MR) is 74.5 cm³/mol. The molecule has 2 amide bonds. The van der Waals surface area contributed by atoms with Gasteiger partial charge in [0, 0.05) is 24.5 Å². The minimum Gasteiger partial charge on any atom is -0.314 e. The molecule has 0 aromatic carbocycles. The first kappa shape index (κ1) is 13.2. The lowest BCUT2D eigenvalue weighted by Gasteiger charge is -2.33. The van der Waals surface area contributed by atoms with Gasteiger partial charge in [0.05, 0.1) is 11.1 Å². The first-order valence-corrected chi connectivity index (χ1v) is 7.27. The van der Waals surface area contributed by atoms with E-state index < -0.39 is 0 Å². The van der Waals surface area contributed by atoms with Crippen LogP contribution in [0.15, 0.2) is 18.5 Å². The summed E-state index contributed by atoms with van der Waals surface area (Å²) in [5.41, 5.74) is 0.949. The average Bonchev–Trinajstić information content (AvgIpc) is 2.73. The van der Waals surface area contributed by atoms with E-state index in [9.17, 15) is 9.59 Å². The standard InChI is InChI=1S/C15H19N3O2/c1-2-17-10-3-5-11(6-4-10)18-14(19)12-7-8-16-9-13(12)15(18)20/h7-11,17H,2-6H2,1H3. The molecule has 1 saturated carbocycles. The third kappa shape index (κ3) is 2.12. The fourth-order valence-electron chi connectivity index (χ4n) is 3.26. The van der Waals surface area contributed by atoms with Gasteiger partial charge in [0.25, 0.3) is 11.8 Å². The summed E-state index contributed by atoms with van der Waals surface area (Å²) in [4.78, 5) is 30.1. The van der Waals surface area contributed by atoms with Crippen LogP contribution in [0.1, 0.15) is 53.3 Å². The zero-order valence-electron chi connectivity index (χ0n) is 11.6. The maximum Gasteiger partial charge on any atom is 0.263 e. The summed E-state index contributed by atoms with van der Waals surface area (Å²) >= 11 is 0. The van der Waals surface area contributed by atoms with E-state index >= 15 is 0 Å². The van der Waals surface area contributed by atoms with Gasteiger partial charge in [0.2, 0.25) is 0 Å². The molecule has 0 unspecified atom stereocenters. The Morgan fingerprint density at radius 2 is 1.90 bits per heavy atom. The Balaban J connectivity index is 1.74. The van der Waals surface area contributed by atoms with Crippen molar-refractivity contribution in [1.29, 1.82) is 0 Å². The van der Waals surface area contributed by atoms with Crippen LogP contribution >= 0.6 is 0 Å². The van der Waals surface area contributed by atoms with E-state index in [0.29, 0.717) is 17.2 Å². The van der Waals surface area contributed by atoms with Crippen molar-refractivity contribution >= 4 is 11.8 Å². The van der Waals surface area contributed by atoms with Crippen LogP contribution in [-0.2, 0) is 0 Å². The quantitative estimate of drug-likeness (QED) is 0.850. The number of amides is 2. The average molecular weight is 273 g/mol. The number of rotatable bonds is 3. The van der Waals surface area contributed by atoms with Gasteiger partial charge in [-0.3, -0.25) is 19.5 Å². The number of fused-ring (bicyclic) bond motifs is 1. The van der Waals surface area contributed by atoms with Gasteiger partial charge in [0.15, 0.2) is 0 Å². The van der Waals surface area contributed by atoms with Crippen molar-refractivity contribution < 1.29 is 9.59 Å².